The Kier molecular flexibility index (Phi) is 6.59. The fraction of sp³-hybridized carbons (Fsp3) is 0.259. The molecule has 1 saturated heterocycles. The number of phenolic OH excluding ortho intramolecular Hbond substituents is 1. The Hall–Kier alpha value is -4.12. The smallest absolute Gasteiger partial charge is 0.321 e. The van der Waals surface area contributed by atoms with Crippen molar-refractivity contribution in [2.75, 3.05) is 23.7 Å². The molecule has 9 nitrogen and oxygen atoms in total. The van der Waals surface area contributed by atoms with Crippen LogP contribution < -0.4 is 10.6 Å². The largest absolute Gasteiger partial charge is 0.508 e. The van der Waals surface area contributed by atoms with Gasteiger partial charge in [-0.15, -0.1) is 0 Å². The summed E-state index contributed by atoms with van der Waals surface area (Å²) in [5.74, 6) is 0.347. The number of nitrogens with zero attached hydrogens (tertiary/aromatic N) is 5. The fourth-order valence-electron chi connectivity index (χ4n) is 5.01. The van der Waals surface area contributed by atoms with Gasteiger partial charge >= 0.3 is 6.03 Å². The van der Waals surface area contributed by atoms with Crippen molar-refractivity contribution in [2.24, 2.45) is 4.99 Å². The second-order valence-electron chi connectivity index (χ2n) is 9.38. The van der Waals surface area contributed by atoms with E-state index in [0.717, 1.165) is 29.3 Å². The number of amides is 2. The fourth-order valence-corrected chi connectivity index (χ4v) is 5.79. The molecule has 2 unspecified atom stereocenters. The minimum Gasteiger partial charge on any atom is -0.508 e. The lowest BCUT2D eigenvalue weighted by Gasteiger charge is -2.33. The number of hydrogen-bond donors (Lipinski definition) is 3. The average molecular weight is 532 g/mol. The summed E-state index contributed by atoms with van der Waals surface area (Å²) < 4.78 is 13.2. The number of piperidine rings is 1. The van der Waals surface area contributed by atoms with Gasteiger partial charge in [0.05, 0.1) is 5.69 Å². The Balaban J connectivity index is 1.17. The predicted molar refractivity (Wildman–Crippen MR) is 145 cm³/mol. The Bertz CT molecular complexity index is 1400. The normalized spacial score (nSPS) is 22.2. The maximum Gasteiger partial charge on any atom is 0.321 e. The van der Waals surface area contributed by atoms with E-state index in [1.165, 1.54) is 12.1 Å². The number of carbonyl (C=O) groups excluding carboxylic acids is 1. The topological polar surface area (TPSA) is 106 Å². The standard InChI is InChI=1S/C27H26FN7O2S/c28-18-6-8-19(9-7-18)31-26(37)34-12-2-4-20(16-34)30-25-29-11-10-22(32-25)24-23(17-3-1-5-21(36)15-17)33-27-35(24)13-14-38-27/h1,3,5-11,13-15,20,23-24,36H,2,4,12,16H2,(H,31,37)(H,29,30,32)/t20-,23?,24?/m1/s1. The van der Waals surface area contributed by atoms with E-state index in [0.29, 0.717) is 24.7 Å². The lowest BCUT2D eigenvalue weighted by molar-refractivity contribution is 0.195. The van der Waals surface area contributed by atoms with Crippen molar-refractivity contribution in [1.29, 1.82) is 0 Å². The van der Waals surface area contributed by atoms with Crippen molar-refractivity contribution < 1.29 is 14.3 Å². The summed E-state index contributed by atoms with van der Waals surface area (Å²) in [7, 11) is 0. The van der Waals surface area contributed by atoms with Gasteiger partial charge in [-0.25, -0.2) is 19.2 Å². The Morgan fingerprint density at radius 3 is 2.87 bits per heavy atom. The first-order chi connectivity index (χ1) is 18.5. The molecule has 194 valence electrons. The van der Waals surface area contributed by atoms with E-state index >= 15 is 0 Å². The van der Waals surface area contributed by atoms with E-state index < -0.39 is 0 Å². The summed E-state index contributed by atoms with van der Waals surface area (Å²) >= 11 is 1.56. The molecule has 2 amide bonds. The average Bonchev–Trinajstić information content (AvgIpc) is 3.52. The van der Waals surface area contributed by atoms with Gasteiger partial charge in [0.2, 0.25) is 5.95 Å². The Morgan fingerprint density at radius 2 is 2.03 bits per heavy atom. The van der Waals surface area contributed by atoms with Crippen LogP contribution in [0.1, 0.15) is 36.2 Å². The zero-order chi connectivity index (χ0) is 26.1. The highest BCUT2D eigenvalue weighted by Crippen LogP contribution is 2.46. The van der Waals surface area contributed by atoms with Crippen LogP contribution >= 0.6 is 11.8 Å². The van der Waals surface area contributed by atoms with Gasteiger partial charge in [-0.05, 0) is 66.3 Å². The highest BCUT2D eigenvalue weighted by molar-refractivity contribution is 8.16. The van der Waals surface area contributed by atoms with Gasteiger partial charge < -0.3 is 25.5 Å². The first-order valence-corrected chi connectivity index (χ1v) is 13.3. The number of benzene rings is 2. The predicted octanol–water partition coefficient (Wildman–Crippen LogP) is 5.10. The summed E-state index contributed by atoms with van der Waals surface area (Å²) in [4.78, 5) is 30.9. The van der Waals surface area contributed by atoms with Crippen LogP contribution in [-0.4, -0.2) is 55.2 Å². The molecule has 3 aliphatic rings. The van der Waals surface area contributed by atoms with E-state index in [9.17, 15) is 14.3 Å². The van der Waals surface area contributed by atoms with E-state index in [-0.39, 0.29) is 35.7 Å². The molecule has 1 fully saturated rings. The molecule has 0 radical (unpaired) electrons. The van der Waals surface area contributed by atoms with Crippen LogP contribution in [-0.2, 0) is 0 Å². The van der Waals surface area contributed by atoms with Crippen LogP contribution in [0.15, 0.2) is 77.4 Å². The highest BCUT2D eigenvalue weighted by Gasteiger charge is 2.40. The summed E-state index contributed by atoms with van der Waals surface area (Å²) in [5, 5.41) is 19.2. The molecule has 38 heavy (non-hydrogen) atoms. The van der Waals surface area contributed by atoms with Crippen LogP contribution in [0, 0.1) is 5.82 Å². The number of aliphatic imine (C=N–C) groups is 1. The molecule has 3 N–H and O–H groups in total. The van der Waals surface area contributed by atoms with Crippen molar-refractivity contribution in [3.05, 3.63) is 89.5 Å². The number of nitrogens with one attached hydrogen (secondary N) is 2. The molecule has 0 saturated carbocycles. The number of rotatable bonds is 5. The highest BCUT2D eigenvalue weighted by atomic mass is 32.2. The first kappa shape index (κ1) is 24.2. The lowest BCUT2D eigenvalue weighted by Crippen LogP contribution is -2.47. The van der Waals surface area contributed by atoms with Gasteiger partial charge in [-0.3, -0.25) is 4.99 Å². The molecule has 0 spiro atoms. The van der Waals surface area contributed by atoms with Crippen molar-refractivity contribution in [2.45, 2.75) is 31.0 Å². The number of urea groups is 1. The summed E-state index contributed by atoms with van der Waals surface area (Å²) in [6.07, 6.45) is 5.45. The Morgan fingerprint density at radius 1 is 1.16 bits per heavy atom. The maximum atomic E-state index is 13.2. The van der Waals surface area contributed by atoms with E-state index in [1.807, 2.05) is 29.8 Å². The molecule has 4 heterocycles. The number of carbonyl (C=O) groups is 1. The molecule has 0 bridgehead atoms. The van der Waals surface area contributed by atoms with Crippen LogP contribution in [0.5, 0.6) is 5.75 Å². The second kappa shape index (κ2) is 10.3. The van der Waals surface area contributed by atoms with Gasteiger partial charge in [-0.1, -0.05) is 23.9 Å². The number of hydrogen-bond acceptors (Lipinski definition) is 8. The van der Waals surface area contributed by atoms with Gasteiger partial charge in [-0.2, -0.15) is 0 Å². The zero-order valence-corrected chi connectivity index (χ0v) is 21.2. The van der Waals surface area contributed by atoms with Gasteiger partial charge in [0.25, 0.3) is 0 Å². The van der Waals surface area contributed by atoms with Gasteiger partial charge in [0.1, 0.15) is 23.7 Å². The van der Waals surface area contributed by atoms with Crippen LogP contribution in [0.25, 0.3) is 0 Å². The van der Waals surface area contributed by atoms with Crippen molar-refractivity contribution in [3.8, 4) is 5.75 Å². The van der Waals surface area contributed by atoms with E-state index in [2.05, 4.69) is 20.5 Å². The molecule has 0 aliphatic carbocycles. The lowest BCUT2D eigenvalue weighted by atomic mass is 9.97. The molecule has 3 atom stereocenters. The molecule has 6 rings (SSSR count). The summed E-state index contributed by atoms with van der Waals surface area (Å²) in [5.41, 5.74) is 2.27. The minimum atomic E-state index is -0.347. The van der Waals surface area contributed by atoms with Crippen LogP contribution in [0.4, 0.5) is 20.8 Å². The summed E-state index contributed by atoms with van der Waals surface area (Å²) in [6, 6.07) is 14.2. The van der Waals surface area contributed by atoms with E-state index in [4.69, 9.17) is 9.98 Å². The number of amidine groups is 1. The third-order valence-corrected chi connectivity index (χ3v) is 7.58. The molecule has 1 aromatic heterocycles. The first-order valence-electron chi connectivity index (χ1n) is 12.4. The quantitative estimate of drug-likeness (QED) is 0.421. The van der Waals surface area contributed by atoms with Crippen molar-refractivity contribution >= 4 is 34.6 Å². The third-order valence-electron chi connectivity index (χ3n) is 6.79. The monoisotopic (exact) mass is 531 g/mol. The third kappa shape index (κ3) is 5.01. The van der Waals surface area contributed by atoms with Gasteiger partial charge in [0.15, 0.2) is 5.17 Å². The van der Waals surface area contributed by atoms with Crippen molar-refractivity contribution in [3.63, 3.8) is 0 Å². The van der Waals surface area contributed by atoms with Crippen LogP contribution in [0.2, 0.25) is 0 Å². The molecule has 11 heteroatoms. The number of phenols is 1. The SMILES string of the molecule is O=C(Nc1ccc(F)cc1)N1CCC[C@@H](Nc2nccc(C3C(c4cccc(O)c4)N=C4SC=CN43)n2)C1. The molecule has 3 aromatic rings. The number of aromatic hydroxyl groups is 1. The van der Waals surface area contributed by atoms with Crippen LogP contribution in [0.3, 0.4) is 0 Å². The molecular formula is C27H26FN7O2S. The summed E-state index contributed by atoms with van der Waals surface area (Å²) in [6.45, 7) is 1.13. The Labute approximate surface area is 223 Å². The number of halogens is 1. The minimum absolute atomic E-state index is 0.0162. The zero-order valence-electron chi connectivity index (χ0n) is 20.4. The number of fused-ring (bicyclic) bond motifs is 1. The maximum absolute atomic E-state index is 13.2. The van der Waals surface area contributed by atoms with Crippen molar-refractivity contribution in [1.82, 2.24) is 19.8 Å². The second-order valence-corrected chi connectivity index (χ2v) is 10.3. The number of likely N-dealkylation sites (tertiary alicyclic amines) is 1. The molecule has 2 aromatic carbocycles. The number of aromatic nitrogens is 2. The molecular weight excluding hydrogens is 505 g/mol. The van der Waals surface area contributed by atoms with Gasteiger partial charge in [0, 0.05) is 37.2 Å². The molecule has 3 aliphatic heterocycles. The number of anilines is 2. The number of thioether (sulfide) groups is 1. The van der Waals surface area contributed by atoms with E-state index in [1.54, 1.807) is 47.1 Å².